The summed E-state index contributed by atoms with van der Waals surface area (Å²) in [4.78, 5) is 13.8. The van der Waals surface area contributed by atoms with E-state index in [0.717, 1.165) is 12.8 Å². The van der Waals surface area contributed by atoms with Gasteiger partial charge in [-0.15, -0.1) is 0 Å². The lowest BCUT2D eigenvalue weighted by atomic mass is 10.1. The quantitative estimate of drug-likeness (QED) is 0.827. The third-order valence-electron chi connectivity index (χ3n) is 2.87. The van der Waals surface area contributed by atoms with E-state index in [1.807, 2.05) is 6.92 Å². The first kappa shape index (κ1) is 14.2. The van der Waals surface area contributed by atoms with Gasteiger partial charge in [-0.25, -0.2) is 4.39 Å². The van der Waals surface area contributed by atoms with Gasteiger partial charge in [-0.2, -0.15) is 0 Å². The highest BCUT2D eigenvalue weighted by molar-refractivity contribution is 9.10. The van der Waals surface area contributed by atoms with E-state index in [0.29, 0.717) is 5.56 Å². The fourth-order valence-corrected chi connectivity index (χ4v) is 2.10. The molecule has 1 aromatic carbocycles. The summed E-state index contributed by atoms with van der Waals surface area (Å²) in [6.07, 6.45) is 1.96. The van der Waals surface area contributed by atoms with Crippen molar-refractivity contribution in [1.29, 1.82) is 0 Å². The Hall–Kier alpha value is -0.900. The van der Waals surface area contributed by atoms with Crippen LogP contribution in [-0.4, -0.2) is 23.9 Å². The largest absolute Gasteiger partial charge is 0.339 e. The van der Waals surface area contributed by atoms with Gasteiger partial charge in [0.15, 0.2) is 0 Å². The monoisotopic (exact) mass is 301 g/mol. The molecule has 0 aliphatic heterocycles. The molecule has 0 heterocycles. The summed E-state index contributed by atoms with van der Waals surface area (Å²) in [6.45, 7) is 4.07. The van der Waals surface area contributed by atoms with Crippen molar-refractivity contribution in [3.8, 4) is 0 Å². The number of halogens is 2. The minimum absolute atomic E-state index is 0.155. The van der Waals surface area contributed by atoms with Gasteiger partial charge >= 0.3 is 0 Å². The van der Waals surface area contributed by atoms with E-state index < -0.39 is 5.82 Å². The van der Waals surface area contributed by atoms with Crippen molar-refractivity contribution in [3.63, 3.8) is 0 Å². The number of amides is 1. The van der Waals surface area contributed by atoms with Crippen LogP contribution in [0, 0.1) is 5.82 Å². The number of carbonyl (C=O) groups excluding carboxylic acids is 1. The van der Waals surface area contributed by atoms with Crippen molar-refractivity contribution < 1.29 is 9.18 Å². The Morgan fingerprint density at radius 2 is 2.18 bits per heavy atom. The van der Waals surface area contributed by atoms with Crippen LogP contribution in [-0.2, 0) is 0 Å². The SMILES string of the molecule is CCCC(C)N(C)C(=O)c1cccc(F)c1Br. The Morgan fingerprint density at radius 3 is 2.76 bits per heavy atom. The van der Waals surface area contributed by atoms with Gasteiger partial charge in [-0.05, 0) is 41.4 Å². The average Bonchev–Trinajstić information content (AvgIpc) is 2.31. The minimum atomic E-state index is -0.410. The lowest BCUT2D eigenvalue weighted by molar-refractivity contribution is 0.0735. The summed E-state index contributed by atoms with van der Waals surface area (Å²) < 4.78 is 13.6. The molecule has 2 nitrogen and oxygen atoms in total. The lowest BCUT2D eigenvalue weighted by Gasteiger charge is -2.25. The molecule has 1 atom stereocenters. The fourth-order valence-electron chi connectivity index (χ4n) is 1.67. The number of hydrogen-bond acceptors (Lipinski definition) is 1. The third-order valence-corrected chi connectivity index (χ3v) is 3.68. The second kappa shape index (κ2) is 6.15. The molecule has 1 unspecified atom stereocenters. The molecule has 1 aromatic rings. The van der Waals surface area contributed by atoms with E-state index in [2.05, 4.69) is 22.9 Å². The molecular weight excluding hydrogens is 285 g/mol. The summed E-state index contributed by atoms with van der Waals surface area (Å²) in [7, 11) is 1.75. The first-order chi connectivity index (χ1) is 7.99. The van der Waals surface area contributed by atoms with Gasteiger partial charge in [-0.1, -0.05) is 19.4 Å². The molecule has 0 radical (unpaired) electrons. The Labute approximate surface area is 110 Å². The molecule has 17 heavy (non-hydrogen) atoms. The topological polar surface area (TPSA) is 20.3 Å². The third kappa shape index (κ3) is 3.28. The van der Waals surface area contributed by atoms with Crippen LogP contribution in [0.4, 0.5) is 4.39 Å². The summed E-state index contributed by atoms with van der Waals surface area (Å²) in [6, 6.07) is 4.66. The Kier molecular flexibility index (Phi) is 5.12. The summed E-state index contributed by atoms with van der Waals surface area (Å²) in [5.74, 6) is -0.565. The molecule has 0 N–H and O–H groups in total. The van der Waals surface area contributed by atoms with Gasteiger partial charge in [0.2, 0.25) is 0 Å². The zero-order chi connectivity index (χ0) is 13.0. The van der Waals surface area contributed by atoms with Crippen LogP contribution in [0.25, 0.3) is 0 Å². The molecule has 94 valence electrons. The molecule has 0 fully saturated rings. The van der Waals surface area contributed by atoms with E-state index in [1.165, 1.54) is 6.07 Å². The Morgan fingerprint density at radius 1 is 1.53 bits per heavy atom. The van der Waals surface area contributed by atoms with Crippen molar-refractivity contribution in [1.82, 2.24) is 4.90 Å². The van der Waals surface area contributed by atoms with Crippen LogP contribution in [0.3, 0.4) is 0 Å². The first-order valence-electron chi connectivity index (χ1n) is 5.70. The summed E-state index contributed by atoms with van der Waals surface area (Å²) in [5.41, 5.74) is 0.371. The number of carbonyl (C=O) groups is 1. The smallest absolute Gasteiger partial charge is 0.255 e. The highest BCUT2D eigenvalue weighted by Crippen LogP contribution is 2.22. The molecule has 0 saturated carbocycles. The predicted molar refractivity (Wildman–Crippen MR) is 70.6 cm³/mol. The van der Waals surface area contributed by atoms with Crippen LogP contribution in [0.15, 0.2) is 22.7 Å². The van der Waals surface area contributed by atoms with Crippen LogP contribution in [0.1, 0.15) is 37.0 Å². The Balaban J connectivity index is 2.93. The van der Waals surface area contributed by atoms with E-state index in [9.17, 15) is 9.18 Å². The second-order valence-corrected chi connectivity index (χ2v) is 4.95. The van der Waals surface area contributed by atoms with E-state index in [4.69, 9.17) is 0 Å². The maximum Gasteiger partial charge on any atom is 0.255 e. The molecule has 1 rings (SSSR count). The molecule has 0 saturated heterocycles. The Bertz CT molecular complexity index is 408. The number of rotatable bonds is 4. The maximum absolute atomic E-state index is 13.3. The molecular formula is C13H17BrFNO. The van der Waals surface area contributed by atoms with E-state index in [-0.39, 0.29) is 16.4 Å². The highest BCUT2D eigenvalue weighted by atomic mass is 79.9. The average molecular weight is 302 g/mol. The molecule has 0 spiro atoms. The zero-order valence-electron chi connectivity index (χ0n) is 10.3. The van der Waals surface area contributed by atoms with Crippen molar-refractivity contribution in [2.45, 2.75) is 32.7 Å². The first-order valence-corrected chi connectivity index (χ1v) is 6.49. The van der Waals surface area contributed by atoms with Gasteiger partial charge in [0.25, 0.3) is 5.91 Å². The van der Waals surface area contributed by atoms with Gasteiger partial charge < -0.3 is 4.90 Å². The predicted octanol–water partition coefficient (Wildman–Crippen LogP) is 3.85. The van der Waals surface area contributed by atoms with Crippen LogP contribution in [0.2, 0.25) is 0 Å². The molecule has 0 aliphatic rings. The minimum Gasteiger partial charge on any atom is -0.339 e. The van der Waals surface area contributed by atoms with Crippen LogP contribution >= 0.6 is 15.9 Å². The zero-order valence-corrected chi connectivity index (χ0v) is 11.9. The molecule has 0 aliphatic carbocycles. The molecule has 0 bridgehead atoms. The number of hydrogen-bond donors (Lipinski definition) is 0. The van der Waals surface area contributed by atoms with Gasteiger partial charge in [0, 0.05) is 13.1 Å². The molecule has 0 aromatic heterocycles. The second-order valence-electron chi connectivity index (χ2n) is 4.16. The highest BCUT2D eigenvalue weighted by Gasteiger charge is 2.20. The summed E-state index contributed by atoms with van der Waals surface area (Å²) >= 11 is 3.11. The van der Waals surface area contributed by atoms with Crippen molar-refractivity contribution in [3.05, 3.63) is 34.1 Å². The number of nitrogens with zero attached hydrogens (tertiary/aromatic N) is 1. The molecule has 4 heteroatoms. The van der Waals surface area contributed by atoms with Crippen LogP contribution in [0.5, 0.6) is 0 Å². The van der Waals surface area contributed by atoms with Gasteiger partial charge in [-0.3, -0.25) is 4.79 Å². The number of benzene rings is 1. The standard InChI is InChI=1S/C13H17BrFNO/c1-4-6-9(2)16(3)13(17)10-7-5-8-11(15)12(10)14/h5,7-9H,4,6H2,1-3H3. The fraction of sp³-hybridized carbons (Fsp3) is 0.462. The van der Waals surface area contributed by atoms with Crippen molar-refractivity contribution in [2.75, 3.05) is 7.05 Å². The van der Waals surface area contributed by atoms with Crippen molar-refractivity contribution in [2.24, 2.45) is 0 Å². The van der Waals surface area contributed by atoms with Crippen LogP contribution < -0.4 is 0 Å². The van der Waals surface area contributed by atoms with E-state index in [1.54, 1.807) is 24.1 Å². The van der Waals surface area contributed by atoms with Gasteiger partial charge in [0.1, 0.15) is 5.82 Å². The normalized spacial score (nSPS) is 12.3. The lowest BCUT2D eigenvalue weighted by Crippen LogP contribution is -2.35. The summed E-state index contributed by atoms with van der Waals surface area (Å²) in [5, 5.41) is 0. The van der Waals surface area contributed by atoms with Crippen molar-refractivity contribution >= 4 is 21.8 Å². The van der Waals surface area contributed by atoms with Gasteiger partial charge in [0.05, 0.1) is 10.0 Å². The molecule has 1 amide bonds. The maximum atomic E-state index is 13.3. The van der Waals surface area contributed by atoms with E-state index >= 15 is 0 Å².